The lowest BCUT2D eigenvalue weighted by Crippen LogP contribution is -1.98. The van der Waals surface area contributed by atoms with Gasteiger partial charge in [0.1, 0.15) is 5.82 Å². The maximum atomic E-state index is 8.92. The van der Waals surface area contributed by atoms with Crippen molar-refractivity contribution in [1.82, 2.24) is 14.5 Å². The summed E-state index contributed by atoms with van der Waals surface area (Å²) in [4.78, 5) is 8.62. The zero-order chi connectivity index (χ0) is 13.2. The second-order valence-corrected chi connectivity index (χ2v) is 4.43. The maximum Gasteiger partial charge on any atom is 0.114 e. The van der Waals surface area contributed by atoms with Crippen LogP contribution in [0, 0.1) is 11.3 Å². The molecule has 0 aliphatic rings. The van der Waals surface area contributed by atoms with Gasteiger partial charge in [-0.15, -0.1) is 0 Å². The van der Waals surface area contributed by atoms with Gasteiger partial charge in [-0.25, -0.2) is 4.98 Å². The van der Waals surface area contributed by atoms with Crippen molar-refractivity contribution in [1.29, 1.82) is 5.26 Å². The molecule has 0 bridgehead atoms. The molecule has 0 aliphatic carbocycles. The van der Waals surface area contributed by atoms with E-state index < -0.39 is 0 Å². The van der Waals surface area contributed by atoms with Gasteiger partial charge in [-0.2, -0.15) is 5.26 Å². The van der Waals surface area contributed by atoms with Crippen LogP contribution in [0.15, 0.2) is 42.7 Å². The number of pyridine rings is 1. The van der Waals surface area contributed by atoms with Crippen molar-refractivity contribution in [3.63, 3.8) is 0 Å². The Morgan fingerprint density at radius 1 is 1.21 bits per heavy atom. The molecule has 4 nitrogen and oxygen atoms in total. The molecule has 1 aromatic carbocycles. The number of nitriles is 1. The first kappa shape index (κ1) is 11.4. The smallest absolute Gasteiger partial charge is 0.114 e. The second-order valence-electron chi connectivity index (χ2n) is 4.43. The van der Waals surface area contributed by atoms with Gasteiger partial charge in [-0.1, -0.05) is 0 Å². The third kappa shape index (κ3) is 2.06. The van der Waals surface area contributed by atoms with E-state index in [0.717, 1.165) is 23.3 Å². The Kier molecular flexibility index (Phi) is 2.73. The van der Waals surface area contributed by atoms with E-state index in [1.165, 1.54) is 5.56 Å². The van der Waals surface area contributed by atoms with Gasteiger partial charge in [0.15, 0.2) is 0 Å². The van der Waals surface area contributed by atoms with Crippen LogP contribution in [0.25, 0.3) is 11.0 Å². The molecule has 0 spiro atoms. The van der Waals surface area contributed by atoms with E-state index in [0.29, 0.717) is 5.56 Å². The number of aromatic nitrogens is 3. The van der Waals surface area contributed by atoms with Crippen molar-refractivity contribution in [2.45, 2.75) is 6.42 Å². The number of benzene rings is 1. The first-order valence-corrected chi connectivity index (χ1v) is 6.02. The minimum atomic E-state index is 0.640. The fourth-order valence-electron chi connectivity index (χ4n) is 2.16. The van der Waals surface area contributed by atoms with Crippen molar-refractivity contribution >= 4 is 11.0 Å². The maximum absolute atomic E-state index is 8.92. The number of fused-ring (bicyclic) bond motifs is 1. The fourth-order valence-corrected chi connectivity index (χ4v) is 2.16. The van der Waals surface area contributed by atoms with E-state index in [4.69, 9.17) is 5.26 Å². The fraction of sp³-hybridized carbons (Fsp3) is 0.133. The molecule has 0 amide bonds. The zero-order valence-electron chi connectivity index (χ0n) is 10.5. The normalized spacial score (nSPS) is 10.5. The molecule has 2 heterocycles. The zero-order valence-corrected chi connectivity index (χ0v) is 10.5. The summed E-state index contributed by atoms with van der Waals surface area (Å²) in [5, 5.41) is 8.92. The Balaban J connectivity index is 2.05. The summed E-state index contributed by atoms with van der Waals surface area (Å²) in [7, 11) is 2.00. The van der Waals surface area contributed by atoms with E-state index in [9.17, 15) is 0 Å². The molecule has 0 saturated carbocycles. The first-order chi connectivity index (χ1) is 9.28. The van der Waals surface area contributed by atoms with Crippen LogP contribution in [0.5, 0.6) is 0 Å². The quantitative estimate of drug-likeness (QED) is 0.700. The van der Waals surface area contributed by atoms with Crippen LogP contribution in [0.3, 0.4) is 0 Å². The van der Waals surface area contributed by atoms with Crippen molar-refractivity contribution in [3.8, 4) is 6.07 Å². The average Bonchev–Trinajstić information content (AvgIpc) is 2.76. The molecule has 4 heteroatoms. The molecule has 19 heavy (non-hydrogen) atoms. The number of rotatable bonds is 2. The summed E-state index contributed by atoms with van der Waals surface area (Å²) in [5.41, 5.74) is 3.73. The van der Waals surface area contributed by atoms with Crippen molar-refractivity contribution in [3.05, 3.63) is 59.7 Å². The van der Waals surface area contributed by atoms with Crippen molar-refractivity contribution in [2.75, 3.05) is 0 Å². The SMILES string of the molecule is Cn1c(Cc2ccncc2)nc2cc(C#N)ccc21. The van der Waals surface area contributed by atoms with Crippen LogP contribution < -0.4 is 0 Å². The molecule has 0 saturated heterocycles. The lowest BCUT2D eigenvalue weighted by atomic mass is 10.2. The molecule has 3 aromatic rings. The van der Waals surface area contributed by atoms with Crippen LogP contribution in [-0.4, -0.2) is 14.5 Å². The Bertz CT molecular complexity index is 766. The highest BCUT2D eigenvalue weighted by Gasteiger charge is 2.08. The number of hydrogen-bond donors (Lipinski definition) is 0. The topological polar surface area (TPSA) is 54.5 Å². The Labute approximate surface area is 111 Å². The van der Waals surface area contributed by atoms with E-state index in [1.807, 2.05) is 37.4 Å². The molecule has 0 unspecified atom stereocenters. The summed E-state index contributed by atoms with van der Waals surface area (Å²) >= 11 is 0. The molecular formula is C15H12N4. The monoisotopic (exact) mass is 248 g/mol. The van der Waals surface area contributed by atoms with E-state index in [1.54, 1.807) is 12.4 Å². The van der Waals surface area contributed by atoms with Crippen molar-refractivity contribution in [2.24, 2.45) is 7.05 Å². The van der Waals surface area contributed by atoms with E-state index in [-0.39, 0.29) is 0 Å². The van der Waals surface area contributed by atoms with Crippen LogP contribution >= 0.6 is 0 Å². The second kappa shape index (κ2) is 4.54. The minimum absolute atomic E-state index is 0.640. The summed E-state index contributed by atoms with van der Waals surface area (Å²) in [6.07, 6.45) is 4.33. The Hall–Kier alpha value is -2.67. The van der Waals surface area contributed by atoms with Crippen molar-refractivity contribution < 1.29 is 0 Å². The molecule has 92 valence electrons. The molecule has 0 atom stereocenters. The predicted octanol–water partition coefficient (Wildman–Crippen LogP) is 2.43. The molecule has 3 rings (SSSR count). The third-order valence-corrected chi connectivity index (χ3v) is 3.21. The molecule has 0 fully saturated rings. The van der Waals surface area contributed by atoms with Gasteiger partial charge in [-0.3, -0.25) is 4.98 Å². The summed E-state index contributed by atoms with van der Waals surface area (Å²) in [5.74, 6) is 0.983. The average molecular weight is 248 g/mol. The first-order valence-electron chi connectivity index (χ1n) is 6.02. The van der Waals surface area contributed by atoms with Crippen LogP contribution in [-0.2, 0) is 13.5 Å². The highest BCUT2D eigenvalue weighted by Crippen LogP contribution is 2.18. The molecule has 0 radical (unpaired) electrons. The number of hydrogen-bond acceptors (Lipinski definition) is 3. The summed E-state index contributed by atoms with van der Waals surface area (Å²) < 4.78 is 2.07. The van der Waals surface area contributed by atoms with E-state index in [2.05, 4.69) is 20.6 Å². The number of imidazole rings is 1. The lowest BCUT2D eigenvalue weighted by Gasteiger charge is -2.02. The van der Waals surface area contributed by atoms with Gasteiger partial charge in [0.05, 0.1) is 22.7 Å². The molecule has 2 aromatic heterocycles. The number of aryl methyl sites for hydroxylation is 1. The van der Waals surface area contributed by atoms with Gasteiger partial charge in [0.25, 0.3) is 0 Å². The standard InChI is InChI=1S/C15H12N4/c1-19-14-3-2-12(10-16)8-13(14)18-15(19)9-11-4-6-17-7-5-11/h2-8H,9H2,1H3. The predicted molar refractivity (Wildman–Crippen MR) is 72.5 cm³/mol. The van der Waals surface area contributed by atoms with Crippen LogP contribution in [0.1, 0.15) is 17.0 Å². The van der Waals surface area contributed by atoms with Gasteiger partial charge in [-0.05, 0) is 35.9 Å². The van der Waals surface area contributed by atoms with E-state index >= 15 is 0 Å². The minimum Gasteiger partial charge on any atom is -0.331 e. The lowest BCUT2D eigenvalue weighted by molar-refractivity contribution is 0.844. The van der Waals surface area contributed by atoms with Crippen LogP contribution in [0.4, 0.5) is 0 Å². The van der Waals surface area contributed by atoms with Gasteiger partial charge in [0.2, 0.25) is 0 Å². The number of nitrogens with zero attached hydrogens (tertiary/aromatic N) is 4. The molecule has 0 N–H and O–H groups in total. The molecule has 0 aliphatic heterocycles. The van der Waals surface area contributed by atoms with Gasteiger partial charge in [0, 0.05) is 25.9 Å². The highest BCUT2D eigenvalue weighted by atomic mass is 15.1. The van der Waals surface area contributed by atoms with Gasteiger partial charge >= 0.3 is 0 Å². The Morgan fingerprint density at radius 2 is 2.00 bits per heavy atom. The molecular weight excluding hydrogens is 236 g/mol. The summed E-state index contributed by atoms with van der Waals surface area (Å²) in [6.45, 7) is 0. The van der Waals surface area contributed by atoms with Gasteiger partial charge < -0.3 is 4.57 Å². The largest absolute Gasteiger partial charge is 0.331 e. The summed E-state index contributed by atoms with van der Waals surface area (Å²) in [6, 6.07) is 11.7. The third-order valence-electron chi connectivity index (χ3n) is 3.21. The highest BCUT2D eigenvalue weighted by molar-refractivity contribution is 5.77. The Morgan fingerprint density at radius 3 is 2.74 bits per heavy atom. The van der Waals surface area contributed by atoms with Crippen LogP contribution in [0.2, 0.25) is 0 Å².